The Morgan fingerprint density at radius 2 is 2.12 bits per heavy atom. The van der Waals surface area contributed by atoms with E-state index in [9.17, 15) is 9.59 Å². The molecule has 2 amide bonds. The number of aromatic nitrogens is 1. The van der Waals surface area contributed by atoms with Gasteiger partial charge < -0.3 is 19.9 Å². The zero-order chi connectivity index (χ0) is 18.5. The molecular weight excluding hydrogens is 332 g/mol. The van der Waals surface area contributed by atoms with Gasteiger partial charge in [0.05, 0.1) is 19.1 Å². The molecule has 1 aromatic heterocycles. The Morgan fingerprint density at radius 1 is 1.35 bits per heavy atom. The number of anilines is 1. The number of hydrogen-bond acceptors (Lipinski definition) is 5. The van der Waals surface area contributed by atoms with Crippen molar-refractivity contribution >= 4 is 17.6 Å². The molecule has 0 spiro atoms. The van der Waals surface area contributed by atoms with Crippen LogP contribution in [0.1, 0.15) is 25.8 Å². The third-order valence-electron chi connectivity index (χ3n) is 4.78. The lowest BCUT2D eigenvalue weighted by atomic mass is 10.1. The molecule has 2 aliphatic heterocycles. The van der Waals surface area contributed by atoms with E-state index in [-0.39, 0.29) is 17.7 Å². The normalized spacial score (nSPS) is 20.7. The standard InChI is InChI=1S/C19H28N4O3/c1-14(2)12-23-13-16(9-18(23)24)19(25)21-11-15-3-4-17(20-10-15)22-5-7-26-8-6-22/h3-4,10,14,16H,5-9,11-13H2,1-2H3,(H,21,25). The number of ether oxygens (including phenoxy) is 1. The van der Waals surface area contributed by atoms with Crippen LogP contribution in [0, 0.1) is 11.8 Å². The number of pyridine rings is 1. The first kappa shape index (κ1) is 18.6. The third-order valence-corrected chi connectivity index (χ3v) is 4.78. The highest BCUT2D eigenvalue weighted by Gasteiger charge is 2.34. The van der Waals surface area contributed by atoms with E-state index < -0.39 is 0 Å². The lowest BCUT2D eigenvalue weighted by Gasteiger charge is -2.27. The largest absolute Gasteiger partial charge is 0.378 e. The van der Waals surface area contributed by atoms with Crippen LogP contribution in [0.15, 0.2) is 18.3 Å². The topological polar surface area (TPSA) is 74.8 Å². The van der Waals surface area contributed by atoms with Crippen molar-refractivity contribution in [3.05, 3.63) is 23.9 Å². The molecule has 1 unspecified atom stereocenters. The van der Waals surface area contributed by atoms with E-state index in [4.69, 9.17) is 4.74 Å². The molecule has 1 atom stereocenters. The number of nitrogens with one attached hydrogen (secondary N) is 1. The van der Waals surface area contributed by atoms with Gasteiger partial charge in [-0.3, -0.25) is 9.59 Å². The maximum atomic E-state index is 12.4. The van der Waals surface area contributed by atoms with Crippen LogP contribution in [-0.2, 0) is 20.9 Å². The van der Waals surface area contributed by atoms with E-state index in [1.165, 1.54) is 0 Å². The molecular formula is C19H28N4O3. The summed E-state index contributed by atoms with van der Waals surface area (Å²) in [4.78, 5) is 32.9. The lowest BCUT2D eigenvalue weighted by molar-refractivity contribution is -0.129. The van der Waals surface area contributed by atoms with Crippen molar-refractivity contribution in [1.29, 1.82) is 0 Å². The fourth-order valence-electron chi connectivity index (χ4n) is 3.40. The predicted molar refractivity (Wildman–Crippen MR) is 98.6 cm³/mol. The molecule has 1 N–H and O–H groups in total. The Kier molecular flexibility index (Phi) is 6.08. The van der Waals surface area contributed by atoms with Crippen molar-refractivity contribution in [2.24, 2.45) is 11.8 Å². The highest BCUT2D eigenvalue weighted by Crippen LogP contribution is 2.19. The minimum absolute atomic E-state index is 0.0538. The van der Waals surface area contributed by atoms with Crippen molar-refractivity contribution in [1.82, 2.24) is 15.2 Å². The number of morpholine rings is 1. The van der Waals surface area contributed by atoms with E-state index >= 15 is 0 Å². The molecule has 0 aliphatic carbocycles. The molecule has 7 nitrogen and oxygen atoms in total. The fourth-order valence-corrected chi connectivity index (χ4v) is 3.40. The molecule has 0 saturated carbocycles. The molecule has 2 saturated heterocycles. The maximum Gasteiger partial charge on any atom is 0.225 e. The van der Waals surface area contributed by atoms with Crippen LogP contribution in [-0.4, -0.2) is 61.1 Å². The van der Waals surface area contributed by atoms with Gasteiger partial charge in [-0.15, -0.1) is 0 Å². The van der Waals surface area contributed by atoms with Gasteiger partial charge in [0.15, 0.2) is 0 Å². The van der Waals surface area contributed by atoms with Crippen LogP contribution in [0.2, 0.25) is 0 Å². The Bertz CT molecular complexity index is 626. The SMILES string of the molecule is CC(C)CN1CC(C(=O)NCc2ccc(N3CCOCC3)nc2)CC1=O. The van der Waals surface area contributed by atoms with Gasteiger partial charge in [0.25, 0.3) is 0 Å². The Balaban J connectivity index is 1.48. The van der Waals surface area contributed by atoms with Crippen LogP contribution in [0.5, 0.6) is 0 Å². The van der Waals surface area contributed by atoms with E-state index in [1.807, 2.05) is 12.1 Å². The van der Waals surface area contributed by atoms with Crippen LogP contribution >= 0.6 is 0 Å². The van der Waals surface area contributed by atoms with E-state index in [1.54, 1.807) is 11.1 Å². The van der Waals surface area contributed by atoms with Gasteiger partial charge in [0.1, 0.15) is 5.82 Å². The van der Waals surface area contributed by atoms with Crippen molar-refractivity contribution in [3.8, 4) is 0 Å². The Labute approximate surface area is 154 Å². The van der Waals surface area contributed by atoms with Gasteiger partial charge in [0.2, 0.25) is 11.8 Å². The Morgan fingerprint density at radius 3 is 2.77 bits per heavy atom. The quantitative estimate of drug-likeness (QED) is 0.820. The second-order valence-corrected chi connectivity index (χ2v) is 7.44. The molecule has 0 aromatic carbocycles. The molecule has 7 heteroatoms. The summed E-state index contributed by atoms with van der Waals surface area (Å²) in [7, 11) is 0. The number of amides is 2. The van der Waals surface area contributed by atoms with Crippen molar-refractivity contribution in [3.63, 3.8) is 0 Å². The van der Waals surface area contributed by atoms with E-state index in [0.29, 0.717) is 25.4 Å². The van der Waals surface area contributed by atoms with Crippen molar-refractivity contribution in [2.75, 3.05) is 44.3 Å². The summed E-state index contributed by atoms with van der Waals surface area (Å²) in [6, 6.07) is 3.97. The summed E-state index contributed by atoms with van der Waals surface area (Å²) < 4.78 is 5.35. The monoisotopic (exact) mass is 360 g/mol. The maximum absolute atomic E-state index is 12.4. The van der Waals surface area contributed by atoms with Gasteiger partial charge in [-0.25, -0.2) is 4.98 Å². The first-order valence-electron chi connectivity index (χ1n) is 9.36. The number of hydrogen-bond donors (Lipinski definition) is 1. The van der Waals surface area contributed by atoms with Crippen LogP contribution in [0.4, 0.5) is 5.82 Å². The molecule has 3 rings (SSSR count). The van der Waals surface area contributed by atoms with Gasteiger partial charge in [-0.05, 0) is 17.5 Å². The summed E-state index contributed by atoms with van der Waals surface area (Å²) in [6.45, 7) is 9.00. The van der Waals surface area contributed by atoms with Gasteiger partial charge in [-0.1, -0.05) is 19.9 Å². The number of carbonyl (C=O) groups is 2. The van der Waals surface area contributed by atoms with Crippen LogP contribution in [0.25, 0.3) is 0 Å². The zero-order valence-corrected chi connectivity index (χ0v) is 15.6. The first-order chi connectivity index (χ1) is 12.5. The smallest absolute Gasteiger partial charge is 0.225 e. The van der Waals surface area contributed by atoms with Gasteiger partial charge in [-0.2, -0.15) is 0 Å². The van der Waals surface area contributed by atoms with Crippen molar-refractivity contribution < 1.29 is 14.3 Å². The average molecular weight is 360 g/mol. The summed E-state index contributed by atoms with van der Waals surface area (Å²) in [6.07, 6.45) is 2.11. The van der Waals surface area contributed by atoms with Crippen LogP contribution < -0.4 is 10.2 Å². The second-order valence-electron chi connectivity index (χ2n) is 7.44. The predicted octanol–water partition coefficient (Wildman–Crippen LogP) is 1.04. The van der Waals surface area contributed by atoms with E-state index in [2.05, 4.69) is 29.0 Å². The average Bonchev–Trinajstić information content (AvgIpc) is 3.01. The number of carbonyl (C=O) groups excluding carboxylic acids is 2. The highest BCUT2D eigenvalue weighted by atomic mass is 16.5. The number of likely N-dealkylation sites (tertiary alicyclic amines) is 1. The lowest BCUT2D eigenvalue weighted by Crippen LogP contribution is -2.36. The minimum Gasteiger partial charge on any atom is -0.378 e. The molecule has 2 fully saturated rings. The summed E-state index contributed by atoms with van der Waals surface area (Å²) in [5.41, 5.74) is 0.957. The minimum atomic E-state index is -0.248. The molecule has 0 radical (unpaired) electrons. The molecule has 2 aliphatic rings. The Hall–Kier alpha value is -2.15. The van der Waals surface area contributed by atoms with Gasteiger partial charge in [0, 0.05) is 45.3 Å². The second kappa shape index (κ2) is 8.49. The van der Waals surface area contributed by atoms with Crippen LogP contribution in [0.3, 0.4) is 0 Å². The zero-order valence-electron chi connectivity index (χ0n) is 15.6. The van der Waals surface area contributed by atoms with Gasteiger partial charge >= 0.3 is 0 Å². The highest BCUT2D eigenvalue weighted by molar-refractivity contribution is 5.89. The summed E-state index contributed by atoms with van der Waals surface area (Å²) in [5, 5.41) is 2.94. The molecule has 3 heterocycles. The molecule has 142 valence electrons. The molecule has 0 bridgehead atoms. The fraction of sp³-hybridized carbons (Fsp3) is 0.632. The third kappa shape index (κ3) is 4.72. The molecule has 26 heavy (non-hydrogen) atoms. The first-order valence-corrected chi connectivity index (χ1v) is 9.36. The molecule has 1 aromatic rings. The number of nitrogens with zero attached hydrogens (tertiary/aromatic N) is 3. The number of rotatable bonds is 6. The summed E-state index contributed by atoms with van der Waals surface area (Å²) in [5.74, 6) is 1.13. The van der Waals surface area contributed by atoms with Crippen molar-refractivity contribution in [2.45, 2.75) is 26.8 Å². The summed E-state index contributed by atoms with van der Waals surface area (Å²) >= 11 is 0. The van der Waals surface area contributed by atoms with E-state index in [0.717, 1.165) is 44.2 Å².